The number of ether oxygens (including phenoxy) is 1. The molecular weight excluding hydrogens is 374 g/mol. The lowest BCUT2D eigenvalue weighted by molar-refractivity contribution is -0.384. The van der Waals surface area contributed by atoms with E-state index in [1.165, 1.54) is 18.2 Å². The largest absolute Gasteiger partial charge is 0.476 e. The van der Waals surface area contributed by atoms with Crippen LogP contribution >= 0.6 is 0 Å². The Kier molecular flexibility index (Phi) is 4.75. The Morgan fingerprint density at radius 3 is 2.67 bits per heavy atom. The first-order chi connectivity index (χ1) is 12.7. The minimum atomic E-state index is -3.62. The van der Waals surface area contributed by atoms with E-state index in [1.54, 1.807) is 31.2 Å². The van der Waals surface area contributed by atoms with Crippen LogP contribution in [-0.2, 0) is 14.8 Å². The van der Waals surface area contributed by atoms with Crippen LogP contribution in [0.25, 0.3) is 0 Å². The van der Waals surface area contributed by atoms with Gasteiger partial charge in [-0.2, -0.15) is 0 Å². The maximum Gasteiger partial charge on any atom is 0.271 e. The van der Waals surface area contributed by atoms with Gasteiger partial charge in [-0.1, -0.05) is 18.2 Å². The Labute approximate surface area is 155 Å². The first-order valence-electron chi connectivity index (χ1n) is 7.96. The maximum atomic E-state index is 12.7. The van der Waals surface area contributed by atoms with Crippen molar-refractivity contribution in [1.29, 1.82) is 0 Å². The van der Waals surface area contributed by atoms with Crippen LogP contribution in [-0.4, -0.2) is 38.2 Å². The molecule has 1 amide bonds. The monoisotopic (exact) mass is 391 g/mol. The van der Waals surface area contributed by atoms with E-state index in [0.29, 0.717) is 11.3 Å². The van der Waals surface area contributed by atoms with Crippen molar-refractivity contribution >= 4 is 33.0 Å². The molecule has 1 aliphatic heterocycles. The number of nitro benzene ring substituents is 1. The minimum Gasteiger partial charge on any atom is -0.476 e. The zero-order chi connectivity index (χ0) is 19.8. The van der Waals surface area contributed by atoms with Crippen LogP contribution in [0.5, 0.6) is 5.75 Å². The molecule has 1 atom stereocenters. The second-order valence-corrected chi connectivity index (χ2v) is 8.02. The molecule has 0 fully saturated rings. The number of aryl methyl sites for hydroxylation is 1. The number of non-ortho nitro benzene ring substituents is 1. The molecule has 0 radical (unpaired) electrons. The van der Waals surface area contributed by atoms with Crippen molar-refractivity contribution in [3.05, 3.63) is 58.1 Å². The van der Waals surface area contributed by atoms with E-state index < -0.39 is 27.0 Å². The molecule has 27 heavy (non-hydrogen) atoms. The second-order valence-electron chi connectivity index (χ2n) is 6.11. The summed E-state index contributed by atoms with van der Waals surface area (Å²) >= 11 is 0. The van der Waals surface area contributed by atoms with Crippen LogP contribution in [0.2, 0.25) is 0 Å². The molecule has 0 saturated carbocycles. The molecule has 10 heteroatoms. The highest BCUT2D eigenvalue weighted by Crippen LogP contribution is 2.35. The number of nitro groups is 1. The third kappa shape index (κ3) is 3.85. The van der Waals surface area contributed by atoms with E-state index in [1.807, 2.05) is 0 Å². The number of carbonyl (C=O) groups excluding carboxylic acids is 1. The Bertz CT molecular complexity index is 1020. The number of anilines is 2. The van der Waals surface area contributed by atoms with E-state index in [4.69, 9.17) is 4.74 Å². The third-order valence-electron chi connectivity index (χ3n) is 4.12. The van der Waals surface area contributed by atoms with Crippen LogP contribution in [0.15, 0.2) is 42.5 Å². The molecule has 2 aromatic rings. The number of nitrogens with zero attached hydrogens (tertiary/aromatic N) is 2. The van der Waals surface area contributed by atoms with Crippen LogP contribution in [0.1, 0.15) is 5.56 Å². The highest BCUT2D eigenvalue weighted by Gasteiger charge is 2.35. The van der Waals surface area contributed by atoms with E-state index in [-0.39, 0.29) is 23.7 Å². The summed E-state index contributed by atoms with van der Waals surface area (Å²) in [7, 11) is -3.62. The van der Waals surface area contributed by atoms with E-state index >= 15 is 0 Å². The Hall–Kier alpha value is -3.14. The average molecular weight is 391 g/mol. The van der Waals surface area contributed by atoms with Gasteiger partial charge >= 0.3 is 0 Å². The van der Waals surface area contributed by atoms with E-state index in [9.17, 15) is 23.3 Å². The van der Waals surface area contributed by atoms with Crippen molar-refractivity contribution in [3.63, 3.8) is 0 Å². The summed E-state index contributed by atoms with van der Waals surface area (Å²) in [6.45, 7) is 1.49. The topological polar surface area (TPSA) is 119 Å². The molecule has 1 N–H and O–H groups in total. The number of rotatable bonds is 4. The molecule has 0 spiro atoms. The maximum absolute atomic E-state index is 12.7. The quantitative estimate of drug-likeness (QED) is 0.629. The number of fused-ring (bicyclic) bond motifs is 1. The molecular formula is C17H17N3O6S. The number of benzene rings is 2. The summed E-state index contributed by atoms with van der Waals surface area (Å²) in [5.41, 5.74) is 1.09. The van der Waals surface area contributed by atoms with Gasteiger partial charge in [0.1, 0.15) is 5.75 Å². The fraction of sp³-hybridized carbons (Fsp3) is 0.235. The molecule has 1 aliphatic rings. The van der Waals surface area contributed by atoms with E-state index in [0.717, 1.165) is 10.6 Å². The summed E-state index contributed by atoms with van der Waals surface area (Å²) in [4.78, 5) is 23.0. The normalized spacial score (nSPS) is 16.2. The zero-order valence-corrected chi connectivity index (χ0v) is 15.4. The molecule has 0 unspecified atom stereocenters. The number of nitrogens with one attached hydrogen (secondary N) is 1. The van der Waals surface area contributed by atoms with Crippen molar-refractivity contribution in [2.75, 3.05) is 22.4 Å². The van der Waals surface area contributed by atoms with Crippen LogP contribution in [0, 0.1) is 17.0 Å². The highest BCUT2D eigenvalue weighted by atomic mass is 32.2. The number of sulfonamides is 1. The zero-order valence-electron chi connectivity index (χ0n) is 14.6. The first-order valence-corrected chi connectivity index (χ1v) is 9.81. The number of carbonyl (C=O) groups is 1. The molecule has 142 valence electrons. The summed E-state index contributed by atoms with van der Waals surface area (Å²) in [6, 6.07) is 10.6. The van der Waals surface area contributed by atoms with Crippen LogP contribution in [0.4, 0.5) is 17.1 Å². The van der Waals surface area contributed by atoms with Crippen LogP contribution < -0.4 is 14.4 Å². The molecule has 0 aromatic heterocycles. The SMILES string of the molecule is Cc1ccc([N+](=O)[O-])cc1NC(=O)[C@@H]1CN(S(C)(=O)=O)c2ccccc2O1. The van der Waals surface area contributed by atoms with Gasteiger partial charge in [0.2, 0.25) is 10.0 Å². The number of hydrogen-bond donors (Lipinski definition) is 1. The van der Waals surface area contributed by atoms with Gasteiger partial charge in [0, 0.05) is 12.1 Å². The van der Waals surface area contributed by atoms with Crippen molar-refractivity contribution in [3.8, 4) is 5.75 Å². The summed E-state index contributed by atoms with van der Waals surface area (Å²) < 4.78 is 31.0. The average Bonchev–Trinajstić information content (AvgIpc) is 2.61. The Morgan fingerprint density at radius 1 is 1.30 bits per heavy atom. The summed E-state index contributed by atoms with van der Waals surface area (Å²) in [5.74, 6) is -0.327. The Morgan fingerprint density at radius 2 is 2.00 bits per heavy atom. The lowest BCUT2D eigenvalue weighted by Crippen LogP contribution is -2.48. The third-order valence-corrected chi connectivity index (χ3v) is 5.26. The van der Waals surface area contributed by atoms with Crippen molar-refractivity contribution in [1.82, 2.24) is 0 Å². The molecule has 0 saturated heterocycles. The summed E-state index contributed by atoms with van der Waals surface area (Å²) in [6.07, 6.45) is -0.0531. The van der Waals surface area contributed by atoms with Gasteiger partial charge < -0.3 is 10.1 Å². The predicted molar refractivity (Wildman–Crippen MR) is 99.5 cm³/mol. The van der Waals surface area contributed by atoms with Gasteiger partial charge in [-0.05, 0) is 24.6 Å². The smallest absolute Gasteiger partial charge is 0.271 e. The number of para-hydroxylation sites is 2. The standard InChI is InChI=1S/C17H17N3O6S/c1-11-7-8-12(20(22)23)9-13(11)18-17(21)16-10-19(27(2,24)25)14-5-3-4-6-15(14)26-16/h3-9,16H,10H2,1-2H3,(H,18,21)/t16-/m0/s1. The predicted octanol–water partition coefficient (Wildman–Crippen LogP) is 2.07. The van der Waals surface area contributed by atoms with Gasteiger partial charge in [-0.3, -0.25) is 19.2 Å². The molecule has 0 aliphatic carbocycles. The van der Waals surface area contributed by atoms with Gasteiger partial charge in [0.05, 0.1) is 29.1 Å². The van der Waals surface area contributed by atoms with Gasteiger partial charge in [-0.25, -0.2) is 8.42 Å². The minimum absolute atomic E-state index is 0.163. The Balaban J connectivity index is 1.88. The fourth-order valence-electron chi connectivity index (χ4n) is 2.72. The van der Waals surface area contributed by atoms with Gasteiger partial charge in [-0.15, -0.1) is 0 Å². The lowest BCUT2D eigenvalue weighted by Gasteiger charge is -2.33. The number of amides is 1. The fourth-order valence-corrected chi connectivity index (χ4v) is 3.64. The van der Waals surface area contributed by atoms with Crippen molar-refractivity contribution in [2.45, 2.75) is 13.0 Å². The first kappa shape index (κ1) is 18.6. The van der Waals surface area contributed by atoms with Crippen LogP contribution in [0.3, 0.4) is 0 Å². The second kappa shape index (κ2) is 6.88. The molecule has 0 bridgehead atoms. The van der Waals surface area contributed by atoms with Crippen molar-refractivity contribution in [2.24, 2.45) is 0 Å². The summed E-state index contributed by atoms with van der Waals surface area (Å²) in [5, 5.41) is 13.5. The van der Waals surface area contributed by atoms with Crippen molar-refractivity contribution < 1.29 is 22.9 Å². The molecule has 9 nitrogen and oxygen atoms in total. The van der Waals surface area contributed by atoms with E-state index in [2.05, 4.69) is 5.32 Å². The lowest BCUT2D eigenvalue weighted by atomic mass is 10.1. The molecule has 3 rings (SSSR count). The highest BCUT2D eigenvalue weighted by molar-refractivity contribution is 7.92. The van der Waals surface area contributed by atoms with Gasteiger partial charge in [0.15, 0.2) is 6.10 Å². The van der Waals surface area contributed by atoms with Gasteiger partial charge in [0.25, 0.3) is 11.6 Å². The molecule has 1 heterocycles. The number of hydrogen-bond acceptors (Lipinski definition) is 6. The molecule has 2 aromatic carbocycles.